The maximum Gasteiger partial charge on any atom is 0.262 e. The zero-order valence-electron chi connectivity index (χ0n) is 14.2. The van der Waals surface area contributed by atoms with Crippen LogP contribution in [0.1, 0.15) is 16.7 Å². The molecule has 5 nitrogen and oxygen atoms in total. The van der Waals surface area contributed by atoms with Crippen LogP contribution < -0.4 is 10.1 Å². The van der Waals surface area contributed by atoms with Crippen molar-refractivity contribution in [1.29, 1.82) is 0 Å². The number of nitrogens with one attached hydrogen (secondary N) is 1. The summed E-state index contributed by atoms with van der Waals surface area (Å²) < 4.78 is 28.7. The molecule has 6 heteroatoms. The number of hydrogen-bond donors (Lipinski definition) is 1. The lowest BCUT2D eigenvalue weighted by Gasteiger charge is -2.11. The van der Waals surface area contributed by atoms with Crippen LogP contribution in [-0.4, -0.2) is 27.2 Å². The van der Waals surface area contributed by atoms with Crippen molar-refractivity contribution in [1.82, 2.24) is 0 Å². The van der Waals surface area contributed by atoms with Crippen molar-refractivity contribution in [3.63, 3.8) is 0 Å². The fraction of sp³-hybridized carbons (Fsp3) is 0.278. The van der Waals surface area contributed by atoms with Crippen LogP contribution in [0.4, 0.5) is 5.69 Å². The van der Waals surface area contributed by atoms with Crippen LogP contribution in [-0.2, 0) is 14.6 Å². The Kier molecular flexibility index (Phi) is 5.29. The highest BCUT2D eigenvalue weighted by Gasteiger charge is 2.12. The lowest BCUT2D eigenvalue weighted by molar-refractivity contribution is -0.118. The molecule has 0 atom stereocenters. The van der Waals surface area contributed by atoms with Gasteiger partial charge >= 0.3 is 0 Å². The summed E-state index contributed by atoms with van der Waals surface area (Å²) in [7, 11) is -3.32. The van der Waals surface area contributed by atoms with Gasteiger partial charge in [0.05, 0.1) is 4.90 Å². The predicted molar refractivity (Wildman–Crippen MR) is 94.3 cm³/mol. The first kappa shape index (κ1) is 18.0. The van der Waals surface area contributed by atoms with Crippen LogP contribution in [0.25, 0.3) is 0 Å². The molecule has 0 saturated carbocycles. The molecule has 0 bridgehead atoms. The molecule has 0 fully saturated rings. The summed E-state index contributed by atoms with van der Waals surface area (Å²) in [5.74, 6) is 0.275. The molecule has 0 saturated heterocycles. The van der Waals surface area contributed by atoms with E-state index in [9.17, 15) is 13.2 Å². The van der Waals surface area contributed by atoms with Gasteiger partial charge in [0.25, 0.3) is 5.91 Å². The van der Waals surface area contributed by atoms with E-state index in [1.165, 1.54) is 12.1 Å². The number of hydrogen-bond acceptors (Lipinski definition) is 4. The molecule has 2 aromatic rings. The number of anilines is 1. The molecule has 2 rings (SSSR count). The van der Waals surface area contributed by atoms with E-state index in [2.05, 4.69) is 5.32 Å². The average molecular weight is 347 g/mol. The Morgan fingerprint density at radius 3 is 2.29 bits per heavy atom. The molecule has 1 N–H and O–H groups in total. The Morgan fingerprint density at radius 2 is 1.67 bits per heavy atom. The molecule has 0 heterocycles. The molecular weight excluding hydrogens is 326 g/mol. The fourth-order valence-corrected chi connectivity index (χ4v) is 2.75. The number of carbonyl (C=O) groups excluding carboxylic acids is 1. The second kappa shape index (κ2) is 7.05. The van der Waals surface area contributed by atoms with Crippen molar-refractivity contribution in [3.05, 3.63) is 53.1 Å². The van der Waals surface area contributed by atoms with E-state index >= 15 is 0 Å². The van der Waals surface area contributed by atoms with Gasteiger partial charge in [-0.1, -0.05) is 12.1 Å². The Labute approximate surface area is 142 Å². The van der Waals surface area contributed by atoms with Crippen molar-refractivity contribution in [2.75, 3.05) is 18.2 Å². The maximum absolute atomic E-state index is 12.1. The summed E-state index contributed by atoms with van der Waals surface area (Å²) in [6, 6.07) is 10.3. The van der Waals surface area contributed by atoms with Gasteiger partial charge in [-0.3, -0.25) is 4.79 Å². The summed E-state index contributed by atoms with van der Waals surface area (Å²) in [6.45, 7) is 5.63. The van der Waals surface area contributed by atoms with E-state index in [-0.39, 0.29) is 17.4 Å². The number of benzene rings is 2. The molecule has 24 heavy (non-hydrogen) atoms. The van der Waals surface area contributed by atoms with Gasteiger partial charge in [-0.2, -0.15) is 0 Å². The van der Waals surface area contributed by atoms with Crippen molar-refractivity contribution in [2.45, 2.75) is 25.7 Å². The third-order valence-corrected chi connectivity index (χ3v) is 4.87. The number of aryl methyl sites for hydroxylation is 3. The molecule has 2 aromatic carbocycles. The molecule has 0 aliphatic carbocycles. The smallest absolute Gasteiger partial charge is 0.262 e. The van der Waals surface area contributed by atoms with Gasteiger partial charge in [0.2, 0.25) is 0 Å². The highest BCUT2D eigenvalue weighted by Crippen LogP contribution is 2.20. The quantitative estimate of drug-likeness (QED) is 0.902. The summed E-state index contributed by atoms with van der Waals surface area (Å²) in [5.41, 5.74) is 3.48. The van der Waals surface area contributed by atoms with Gasteiger partial charge in [-0.05, 0) is 61.7 Å². The molecule has 0 aliphatic rings. The van der Waals surface area contributed by atoms with Gasteiger partial charge in [-0.15, -0.1) is 0 Å². The molecule has 1 amide bonds. The molecule has 0 spiro atoms. The second-order valence-corrected chi connectivity index (χ2v) is 7.85. The van der Waals surface area contributed by atoms with Crippen LogP contribution in [0.15, 0.2) is 41.3 Å². The highest BCUT2D eigenvalue weighted by atomic mass is 32.2. The topological polar surface area (TPSA) is 72.5 Å². The maximum atomic E-state index is 12.1. The standard InChI is InChI=1S/C18H21NO4S/c1-12-5-7-15(9-14(12)3)23-11-18(20)19-17-10-16(24(4,21)22)8-6-13(17)2/h5-10H,11H2,1-4H3,(H,19,20). The minimum atomic E-state index is -3.32. The monoisotopic (exact) mass is 347 g/mol. The van der Waals surface area contributed by atoms with E-state index in [0.717, 1.165) is 22.9 Å². The molecule has 128 valence electrons. The Morgan fingerprint density at radius 1 is 1.00 bits per heavy atom. The van der Waals surface area contributed by atoms with Gasteiger partial charge in [-0.25, -0.2) is 8.42 Å². The second-order valence-electron chi connectivity index (χ2n) is 5.83. The third-order valence-electron chi connectivity index (χ3n) is 3.76. The van der Waals surface area contributed by atoms with Gasteiger partial charge < -0.3 is 10.1 Å². The normalized spacial score (nSPS) is 11.2. The lowest BCUT2D eigenvalue weighted by Crippen LogP contribution is -2.21. The summed E-state index contributed by atoms with van der Waals surface area (Å²) >= 11 is 0. The summed E-state index contributed by atoms with van der Waals surface area (Å²) in [6.07, 6.45) is 1.13. The van der Waals surface area contributed by atoms with Gasteiger partial charge in [0, 0.05) is 11.9 Å². The fourth-order valence-electron chi connectivity index (χ4n) is 2.11. The summed E-state index contributed by atoms with van der Waals surface area (Å²) in [4.78, 5) is 12.2. The molecule has 0 aliphatic heterocycles. The Balaban J connectivity index is 2.05. The minimum Gasteiger partial charge on any atom is -0.484 e. The van der Waals surface area contributed by atoms with Crippen molar-refractivity contribution >= 4 is 21.4 Å². The Hall–Kier alpha value is -2.34. The Bertz CT molecular complexity index is 873. The molecule has 0 aromatic heterocycles. The van der Waals surface area contributed by atoms with Gasteiger partial charge in [0.1, 0.15) is 5.75 Å². The summed E-state index contributed by atoms with van der Waals surface area (Å²) in [5, 5.41) is 2.69. The van der Waals surface area contributed by atoms with Crippen molar-refractivity contribution in [3.8, 4) is 5.75 Å². The first-order chi connectivity index (χ1) is 11.2. The molecule has 0 radical (unpaired) electrons. The minimum absolute atomic E-state index is 0.148. The SMILES string of the molecule is Cc1ccc(OCC(=O)Nc2cc(S(C)(=O)=O)ccc2C)cc1C. The van der Waals surface area contributed by atoms with Crippen molar-refractivity contribution < 1.29 is 17.9 Å². The zero-order valence-corrected chi connectivity index (χ0v) is 15.0. The molecule has 0 unspecified atom stereocenters. The van der Waals surface area contributed by atoms with E-state index in [1.807, 2.05) is 32.0 Å². The first-order valence-corrected chi connectivity index (χ1v) is 9.36. The number of rotatable bonds is 5. The van der Waals surface area contributed by atoms with E-state index < -0.39 is 9.84 Å². The number of amides is 1. The van der Waals surface area contributed by atoms with Crippen LogP contribution in [0.3, 0.4) is 0 Å². The van der Waals surface area contributed by atoms with Crippen LogP contribution in [0.2, 0.25) is 0 Å². The van der Waals surface area contributed by atoms with Crippen molar-refractivity contribution in [2.24, 2.45) is 0 Å². The number of carbonyl (C=O) groups is 1. The third kappa shape index (κ3) is 4.58. The zero-order chi connectivity index (χ0) is 17.9. The van der Waals surface area contributed by atoms with E-state index in [4.69, 9.17) is 4.74 Å². The van der Waals surface area contributed by atoms with Crippen LogP contribution >= 0.6 is 0 Å². The predicted octanol–water partition coefficient (Wildman–Crippen LogP) is 3.03. The largest absolute Gasteiger partial charge is 0.484 e. The van der Waals surface area contributed by atoms with Crippen LogP contribution in [0.5, 0.6) is 5.75 Å². The average Bonchev–Trinajstić information content (AvgIpc) is 2.49. The first-order valence-electron chi connectivity index (χ1n) is 7.47. The highest BCUT2D eigenvalue weighted by molar-refractivity contribution is 7.90. The molecular formula is C18H21NO4S. The van der Waals surface area contributed by atoms with Gasteiger partial charge in [0.15, 0.2) is 16.4 Å². The van der Waals surface area contributed by atoms with Crippen LogP contribution in [0, 0.1) is 20.8 Å². The van der Waals surface area contributed by atoms with E-state index in [1.54, 1.807) is 13.0 Å². The number of ether oxygens (including phenoxy) is 1. The number of sulfone groups is 1. The van der Waals surface area contributed by atoms with E-state index in [0.29, 0.717) is 11.4 Å². The lowest BCUT2D eigenvalue weighted by atomic mass is 10.1.